The van der Waals surface area contributed by atoms with Gasteiger partial charge in [0.1, 0.15) is 0 Å². The average molecular weight is 821 g/mol. The molecule has 0 aliphatic carbocycles. The monoisotopic (exact) mass is 820 g/mol. The Bertz CT molecular complexity index is 674. The molecule has 0 heterocycles. The van der Waals surface area contributed by atoms with E-state index in [0.717, 1.165) is 12.8 Å². The smallest absolute Gasteiger partial charge is 0.303 e. The minimum Gasteiger partial charge on any atom is -0.481 e. The fourth-order valence-electron chi connectivity index (χ4n) is 8.62. The van der Waals surface area contributed by atoms with Gasteiger partial charge in [-0.3, -0.25) is 4.79 Å². The van der Waals surface area contributed by atoms with Crippen LogP contribution in [0.3, 0.4) is 0 Å². The molecule has 0 saturated heterocycles. The minimum absolute atomic E-state index is 0.345. The van der Waals surface area contributed by atoms with Gasteiger partial charge in [-0.25, -0.2) is 0 Å². The second-order valence-corrected chi connectivity index (χ2v) is 19.0. The van der Waals surface area contributed by atoms with Crippen molar-refractivity contribution in [3.05, 3.63) is 0 Å². The van der Waals surface area contributed by atoms with Gasteiger partial charge in [0.15, 0.2) is 0 Å². The molecule has 0 unspecified atom stereocenters. The zero-order chi connectivity index (χ0) is 42.5. The van der Waals surface area contributed by atoms with Gasteiger partial charge in [0.25, 0.3) is 0 Å². The molecule has 0 aromatic rings. The molecule has 1 N–H and O–H groups in total. The van der Waals surface area contributed by atoms with E-state index >= 15 is 0 Å². The first-order chi connectivity index (χ1) is 28.6. The summed E-state index contributed by atoms with van der Waals surface area (Å²) in [5.41, 5.74) is 0. The maximum absolute atomic E-state index is 10.3. The predicted molar refractivity (Wildman–Crippen MR) is 264 cm³/mol. The molecule has 0 bridgehead atoms. The SMILES string of the molecule is CCCCCCCCCCCCCCCCCC(=O)O.CCCCCCCCCCCCCCCCCCN(C)CCCCCCCCCCCCCCCCCC. The standard InChI is InChI=1S/C37H77N.C18H36O2/c1-4-6-8-10-12-14-16-18-20-22-24-26-28-30-32-34-36-38(3)37-35-33-31-29-27-25-23-21-19-17-15-13-11-9-7-5-2;1-2-3-4-5-6-7-8-9-10-11-12-13-14-15-16-17-18(19)20/h4-37H2,1-3H3;2-17H2,1H3,(H,19,20). The summed E-state index contributed by atoms with van der Waals surface area (Å²) in [5.74, 6) is -0.653. The van der Waals surface area contributed by atoms with Crippen LogP contribution in [0.4, 0.5) is 0 Å². The number of rotatable bonds is 50. The third-order valence-electron chi connectivity index (χ3n) is 12.8. The van der Waals surface area contributed by atoms with Crippen LogP contribution in [0.15, 0.2) is 0 Å². The molecule has 0 spiro atoms. The van der Waals surface area contributed by atoms with Crippen molar-refractivity contribution in [2.75, 3.05) is 20.1 Å². The van der Waals surface area contributed by atoms with E-state index in [2.05, 4.69) is 32.7 Å². The maximum Gasteiger partial charge on any atom is 0.303 e. The number of hydrogen-bond acceptors (Lipinski definition) is 2. The predicted octanol–water partition coefficient (Wildman–Crippen LogP) is 19.8. The topological polar surface area (TPSA) is 40.5 Å². The van der Waals surface area contributed by atoms with E-state index in [1.165, 1.54) is 302 Å². The molecule has 0 radical (unpaired) electrons. The summed E-state index contributed by atoms with van der Waals surface area (Å²) in [6.07, 6.45) is 67.0. The first kappa shape index (κ1) is 59.5. The van der Waals surface area contributed by atoms with Gasteiger partial charge in [-0.05, 0) is 39.4 Å². The van der Waals surface area contributed by atoms with Crippen LogP contribution >= 0.6 is 0 Å². The number of unbranched alkanes of at least 4 members (excludes halogenated alkanes) is 44. The minimum atomic E-state index is -0.653. The number of carbonyl (C=O) groups is 1. The maximum atomic E-state index is 10.3. The van der Waals surface area contributed by atoms with Crippen molar-refractivity contribution in [3.63, 3.8) is 0 Å². The van der Waals surface area contributed by atoms with E-state index < -0.39 is 5.97 Å². The Morgan fingerprint density at radius 3 is 0.603 bits per heavy atom. The molecule has 0 aliphatic rings. The lowest BCUT2D eigenvalue weighted by Gasteiger charge is -2.16. The Morgan fingerprint density at radius 2 is 0.431 bits per heavy atom. The molecular weight excluding hydrogens is 707 g/mol. The number of aliphatic carboxylic acids is 1. The average Bonchev–Trinajstić information content (AvgIpc) is 3.22. The number of carboxylic acids is 1. The summed E-state index contributed by atoms with van der Waals surface area (Å²) in [7, 11) is 2.34. The first-order valence-electron chi connectivity index (χ1n) is 27.5. The zero-order valence-corrected chi connectivity index (χ0v) is 41.2. The molecular formula is C55H113NO2. The summed E-state index contributed by atoms with van der Waals surface area (Å²) < 4.78 is 0. The number of nitrogens with zero attached hydrogens (tertiary/aromatic N) is 1. The van der Waals surface area contributed by atoms with Crippen LogP contribution in [0.5, 0.6) is 0 Å². The van der Waals surface area contributed by atoms with E-state index in [-0.39, 0.29) is 0 Å². The second-order valence-electron chi connectivity index (χ2n) is 19.0. The first-order valence-corrected chi connectivity index (χ1v) is 27.5. The van der Waals surface area contributed by atoms with Gasteiger partial charge >= 0.3 is 5.97 Å². The van der Waals surface area contributed by atoms with Crippen molar-refractivity contribution in [3.8, 4) is 0 Å². The molecule has 3 nitrogen and oxygen atoms in total. The summed E-state index contributed by atoms with van der Waals surface area (Å²) >= 11 is 0. The number of carboxylic acid groups (broad SMARTS) is 1. The highest BCUT2D eigenvalue weighted by Gasteiger charge is 2.01. The fourth-order valence-corrected chi connectivity index (χ4v) is 8.62. The highest BCUT2D eigenvalue weighted by atomic mass is 16.4. The van der Waals surface area contributed by atoms with Crippen LogP contribution in [0.25, 0.3) is 0 Å². The van der Waals surface area contributed by atoms with Crippen LogP contribution in [0.1, 0.15) is 329 Å². The van der Waals surface area contributed by atoms with Crippen LogP contribution in [-0.4, -0.2) is 36.1 Å². The fraction of sp³-hybridized carbons (Fsp3) is 0.982. The van der Waals surface area contributed by atoms with E-state index in [1.807, 2.05) is 0 Å². The lowest BCUT2D eigenvalue weighted by atomic mass is 10.0. The third kappa shape index (κ3) is 59.7. The Balaban J connectivity index is 0. The van der Waals surface area contributed by atoms with Gasteiger partial charge in [0.2, 0.25) is 0 Å². The Morgan fingerprint density at radius 1 is 0.276 bits per heavy atom. The third-order valence-corrected chi connectivity index (χ3v) is 12.8. The van der Waals surface area contributed by atoms with E-state index in [0.29, 0.717) is 6.42 Å². The van der Waals surface area contributed by atoms with Crippen molar-refractivity contribution < 1.29 is 9.90 Å². The molecule has 0 aromatic heterocycles. The molecule has 0 atom stereocenters. The molecule has 0 amide bonds. The van der Waals surface area contributed by atoms with Gasteiger partial charge in [-0.15, -0.1) is 0 Å². The molecule has 3 heteroatoms. The number of hydrogen-bond donors (Lipinski definition) is 1. The molecule has 58 heavy (non-hydrogen) atoms. The van der Waals surface area contributed by atoms with Crippen molar-refractivity contribution in [2.24, 2.45) is 0 Å². The Labute approximate surface area is 368 Å². The molecule has 350 valence electrons. The van der Waals surface area contributed by atoms with Crippen LogP contribution in [-0.2, 0) is 4.79 Å². The lowest BCUT2D eigenvalue weighted by Crippen LogP contribution is -2.20. The van der Waals surface area contributed by atoms with Gasteiger partial charge in [-0.1, -0.05) is 303 Å². The summed E-state index contributed by atoms with van der Waals surface area (Å²) in [6.45, 7) is 9.52. The normalized spacial score (nSPS) is 11.4. The van der Waals surface area contributed by atoms with Crippen LogP contribution in [0, 0.1) is 0 Å². The van der Waals surface area contributed by atoms with E-state index in [1.54, 1.807) is 0 Å². The van der Waals surface area contributed by atoms with Crippen molar-refractivity contribution in [1.29, 1.82) is 0 Å². The molecule has 0 aromatic carbocycles. The second kappa shape index (κ2) is 56.4. The Hall–Kier alpha value is -0.570. The van der Waals surface area contributed by atoms with E-state index in [4.69, 9.17) is 5.11 Å². The van der Waals surface area contributed by atoms with Gasteiger partial charge in [0.05, 0.1) is 0 Å². The van der Waals surface area contributed by atoms with Crippen molar-refractivity contribution in [1.82, 2.24) is 4.90 Å². The highest BCUT2D eigenvalue weighted by Crippen LogP contribution is 2.17. The van der Waals surface area contributed by atoms with Crippen molar-refractivity contribution >= 4 is 5.97 Å². The van der Waals surface area contributed by atoms with Crippen LogP contribution < -0.4 is 0 Å². The van der Waals surface area contributed by atoms with E-state index in [9.17, 15) is 4.79 Å². The molecule has 0 aliphatic heterocycles. The van der Waals surface area contributed by atoms with Gasteiger partial charge < -0.3 is 10.0 Å². The zero-order valence-electron chi connectivity index (χ0n) is 41.2. The molecule has 0 rings (SSSR count). The van der Waals surface area contributed by atoms with Crippen LogP contribution in [0.2, 0.25) is 0 Å². The summed E-state index contributed by atoms with van der Waals surface area (Å²) in [5, 5.41) is 8.52. The highest BCUT2D eigenvalue weighted by molar-refractivity contribution is 5.66. The van der Waals surface area contributed by atoms with Gasteiger partial charge in [-0.2, -0.15) is 0 Å². The van der Waals surface area contributed by atoms with Crippen molar-refractivity contribution in [2.45, 2.75) is 329 Å². The Kier molecular flexibility index (Phi) is 57.9. The molecule has 0 fully saturated rings. The summed E-state index contributed by atoms with van der Waals surface area (Å²) in [6, 6.07) is 0. The largest absolute Gasteiger partial charge is 0.481 e. The summed E-state index contributed by atoms with van der Waals surface area (Å²) in [4.78, 5) is 12.9. The lowest BCUT2D eigenvalue weighted by molar-refractivity contribution is -0.137. The quantitative estimate of drug-likeness (QED) is 0.0622. The van der Waals surface area contributed by atoms with Gasteiger partial charge in [0, 0.05) is 6.42 Å². The molecule has 0 saturated carbocycles.